The second-order valence-electron chi connectivity index (χ2n) is 6.44. The predicted molar refractivity (Wildman–Crippen MR) is 81.6 cm³/mol. The number of hydrogen-bond acceptors (Lipinski definition) is 1. The molecular formula is C18H25NO. The number of amides is 1. The molecule has 0 unspecified atom stereocenters. The lowest BCUT2D eigenvalue weighted by atomic mass is 9.76. The summed E-state index contributed by atoms with van der Waals surface area (Å²) < 4.78 is 0. The highest BCUT2D eigenvalue weighted by Crippen LogP contribution is 2.38. The van der Waals surface area contributed by atoms with Crippen LogP contribution in [0, 0.1) is 5.92 Å². The van der Waals surface area contributed by atoms with E-state index in [1.165, 1.54) is 37.7 Å². The summed E-state index contributed by atoms with van der Waals surface area (Å²) in [5.41, 5.74) is 1.46. The van der Waals surface area contributed by atoms with Crippen LogP contribution < -0.4 is 0 Å². The minimum absolute atomic E-state index is 0.478. The van der Waals surface area contributed by atoms with Gasteiger partial charge < -0.3 is 4.90 Å². The van der Waals surface area contributed by atoms with Gasteiger partial charge in [-0.05, 0) is 43.1 Å². The predicted octanol–water partition coefficient (Wildman–Crippen LogP) is 3.97. The summed E-state index contributed by atoms with van der Waals surface area (Å²) >= 11 is 0. The Hall–Kier alpha value is -1.31. The second-order valence-corrected chi connectivity index (χ2v) is 6.44. The van der Waals surface area contributed by atoms with Crippen LogP contribution in [0.15, 0.2) is 30.3 Å². The van der Waals surface area contributed by atoms with Gasteiger partial charge in [0, 0.05) is 12.6 Å². The summed E-state index contributed by atoms with van der Waals surface area (Å²) in [6.45, 7) is 0.935. The van der Waals surface area contributed by atoms with Crippen LogP contribution in [0.2, 0.25) is 0 Å². The van der Waals surface area contributed by atoms with Crippen LogP contribution in [0.3, 0.4) is 0 Å². The van der Waals surface area contributed by atoms with Crippen molar-refractivity contribution in [3.05, 3.63) is 35.9 Å². The molecule has 0 N–H and O–H groups in total. The Kier molecular flexibility index (Phi) is 4.39. The van der Waals surface area contributed by atoms with Gasteiger partial charge in [-0.2, -0.15) is 0 Å². The first-order chi connectivity index (χ1) is 9.88. The summed E-state index contributed by atoms with van der Waals surface area (Å²) in [5.74, 6) is 1.37. The molecule has 1 saturated carbocycles. The molecule has 2 aliphatic rings. The fraction of sp³-hybridized carbons (Fsp3) is 0.611. The molecule has 3 rings (SSSR count). The lowest BCUT2D eigenvalue weighted by Crippen LogP contribution is -2.45. The average Bonchev–Trinajstić information content (AvgIpc) is 2.56. The third-order valence-corrected chi connectivity index (χ3v) is 5.29. The van der Waals surface area contributed by atoms with E-state index in [4.69, 9.17) is 0 Å². The van der Waals surface area contributed by atoms with Crippen molar-refractivity contribution >= 4 is 6.41 Å². The van der Waals surface area contributed by atoms with Crippen LogP contribution >= 0.6 is 0 Å². The van der Waals surface area contributed by atoms with Crippen LogP contribution in [0.5, 0.6) is 0 Å². The number of piperidine rings is 1. The molecule has 2 nitrogen and oxygen atoms in total. The maximum atomic E-state index is 11.4. The minimum Gasteiger partial charge on any atom is -0.342 e. The Morgan fingerprint density at radius 1 is 1.00 bits per heavy atom. The third kappa shape index (κ3) is 2.89. The Balaban J connectivity index is 1.73. The van der Waals surface area contributed by atoms with Crippen LogP contribution in [0.1, 0.15) is 56.4 Å². The first-order valence-corrected chi connectivity index (χ1v) is 8.14. The highest BCUT2D eigenvalue weighted by atomic mass is 16.1. The Labute approximate surface area is 122 Å². The van der Waals surface area contributed by atoms with Gasteiger partial charge in [0.1, 0.15) is 0 Å². The van der Waals surface area contributed by atoms with Crippen LogP contribution in [0.4, 0.5) is 0 Å². The zero-order chi connectivity index (χ0) is 13.8. The Morgan fingerprint density at radius 2 is 1.75 bits per heavy atom. The molecule has 1 aromatic carbocycles. The molecule has 2 fully saturated rings. The number of carbonyl (C=O) groups excluding carboxylic acids is 1. The molecular weight excluding hydrogens is 246 g/mol. The lowest BCUT2D eigenvalue weighted by Gasteiger charge is -2.43. The van der Waals surface area contributed by atoms with Crippen LogP contribution in [-0.2, 0) is 4.79 Å². The van der Waals surface area contributed by atoms with Crippen LogP contribution in [-0.4, -0.2) is 23.9 Å². The van der Waals surface area contributed by atoms with E-state index in [1.54, 1.807) is 0 Å². The van der Waals surface area contributed by atoms with Gasteiger partial charge in [-0.3, -0.25) is 4.79 Å². The van der Waals surface area contributed by atoms with Crippen molar-refractivity contribution in [3.63, 3.8) is 0 Å². The highest BCUT2D eigenvalue weighted by Gasteiger charge is 2.34. The number of benzene rings is 1. The maximum Gasteiger partial charge on any atom is 0.209 e. The Morgan fingerprint density at radius 3 is 2.45 bits per heavy atom. The summed E-state index contributed by atoms with van der Waals surface area (Å²) in [7, 11) is 0. The van der Waals surface area contributed by atoms with Crippen molar-refractivity contribution in [1.29, 1.82) is 0 Å². The number of likely N-dealkylation sites (tertiary alicyclic amines) is 1. The van der Waals surface area contributed by atoms with Gasteiger partial charge in [-0.15, -0.1) is 0 Å². The molecule has 2 atom stereocenters. The van der Waals surface area contributed by atoms with E-state index < -0.39 is 0 Å². The number of nitrogens with zero attached hydrogens (tertiary/aromatic N) is 1. The smallest absolute Gasteiger partial charge is 0.209 e. The minimum atomic E-state index is 0.478. The van der Waals surface area contributed by atoms with E-state index in [0.717, 1.165) is 31.7 Å². The van der Waals surface area contributed by atoms with Gasteiger partial charge in [0.2, 0.25) is 6.41 Å². The topological polar surface area (TPSA) is 20.3 Å². The van der Waals surface area contributed by atoms with Crippen molar-refractivity contribution in [1.82, 2.24) is 4.90 Å². The SMILES string of the molecule is O=CN1CC[C@H](c2ccccc2)C[C@@H]1C1CCCCC1. The highest BCUT2D eigenvalue weighted by molar-refractivity contribution is 5.48. The van der Waals surface area contributed by atoms with E-state index >= 15 is 0 Å². The molecule has 0 bridgehead atoms. The van der Waals surface area contributed by atoms with Crippen LogP contribution in [0.25, 0.3) is 0 Å². The molecule has 1 saturated heterocycles. The zero-order valence-corrected chi connectivity index (χ0v) is 12.2. The molecule has 0 spiro atoms. The molecule has 1 heterocycles. The quantitative estimate of drug-likeness (QED) is 0.762. The van der Waals surface area contributed by atoms with Crippen molar-refractivity contribution in [2.45, 2.75) is 56.9 Å². The summed E-state index contributed by atoms with van der Waals surface area (Å²) in [4.78, 5) is 13.5. The molecule has 0 radical (unpaired) electrons. The maximum absolute atomic E-state index is 11.4. The largest absolute Gasteiger partial charge is 0.342 e. The molecule has 0 aromatic heterocycles. The monoisotopic (exact) mass is 271 g/mol. The van der Waals surface area contributed by atoms with Gasteiger partial charge in [-0.25, -0.2) is 0 Å². The van der Waals surface area contributed by atoms with E-state index in [2.05, 4.69) is 35.2 Å². The first-order valence-electron chi connectivity index (χ1n) is 8.14. The van der Waals surface area contributed by atoms with Crippen molar-refractivity contribution in [2.24, 2.45) is 5.92 Å². The van der Waals surface area contributed by atoms with E-state index in [9.17, 15) is 4.79 Å². The Bertz CT molecular complexity index is 424. The molecule has 1 aromatic rings. The standard InChI is InChI=1S/C18H25NO/c20-14-19-12-11-17(15-7-3-1-4-8-15)13-18(19)16-9-5-2-6-10-16/h1,3-4,7-8,14,16-18H,2,5-6,9-13H2/t17-,18+/m0/s1. The molecule has 1 aliphatic heterocycles. The summed E-state index contributed by atoms with van der Waals surface area (Å²) in [6, 6.07) is 11.3. The molecule has 1 aliphatic carbocycles. The van der Waals surface area contributed by atoms with E-state index in [0.29, 0.717) is 12.0 Å². The van der Waals surface area contributed by atoms with Crippen molar-refractivity contribution in [3.8, 4) is 0 Å². The number of rotatable bonds is 3. The molecule has 2 heteroatoms. The third-order valence-electron chi connectivity index (χ3n) is 5.29. The first kappa shape index (κ1) is 13.7. The summed E-state index contributed by atoms with van der Waals surface area (Å²) in [5, 5.41) is 0. The number of carbonyl (C=O) groups is 1. The van der Waals surface area contributed by atoms with Gasteiger partial charge in [0.05, 0.1) is 0 Å². The van der Waals surface area contributed by atoms with Gasteiger partial charge in [0.15, 0.2) is 0 Å². The fourth-order valence-electron chi connectivity index (χ4n) is 4.16. The average molecular weight is 271 g/mol. The van der Waals surface area contributed by atoms with Gasteiger partial charge in [-0.1, -0.05) is 49.6 Å². The van der Waals surface area contributed by atoms with Crippen molar-refractivity contribution < 1.29 is 4.79 Å². The summed E-state index contributed by atoms with van der Waals surface area (Å²) in [6.07, 6.45) is 10.1. The second kappa shape index (κ2) is 6.43. The molecule has 108 valence electrons. The fourth-order valence-corrected chi connectivity index (χ4v) is 4.16. The lowest BCUT2D eigenvalue weighted by molar-refractivity contribution is -0.123. The van der Waals surface area contributed by atoms with Gasteiger partial charge >= 0.3 is 0 Å². The van der Waals surface area contributed by atoms with Crippen molar-refractivity contribution in [2.75, 3.05) is 6.54 Å². The normalized spacial score (nSPS) is 28.3. The van der Waals surface area contributed by atoms with E-state index in [1.807, 2.05) is 0 Å². The molecule has 20 heavy (non-hydrogen) atoms. The van der Waals surface area contributed by atoms with E-state index in [-0.39, 0.29) is 0 Å². The number of hydrogen-bond donors (Lipinski definition) is 0. The zero-order valence-electron chi connectivity index (χ0n) is 12.2. The molecule has 1 amide bonds. The van der Waals surface area contributed by atoms with Gasteiger partial charge in [0.25, 0.3) is 0 Å².